The van der Waals surface area contributed by atoms with Crippen molar-refractivity contribution in [3.05, 3.63) is 53.9 Å². The van der Waals surface area contributed by atoms with Crippen molar-refractivity contribution in [1.29, 1.82) is 0 Å². The number of alkyl halides is 6. The molecule has 0 saturated heterocycles. The molecular weight excluding hydrogens is 428 g/mol. The van der Waals surface area contributed by atoms with E-state index in [1.165, 1.54) is 18.2 Å². The number of halogens is 6. The predicted molar refractivity (Wildman–Crippen MR) is 99.1 cm³/mol. The Morgan fingerprint density at radius 1 is 0.871 bits per heavy atom. The Morgan fingerprint density at radius 3 is 2.26 bits per heavy atom. The highest BCUT2D eigenvalue weighted by Gasteiger charge is 2.34. The van der Waals surface area contributed by atoms with E-state index in [9.17, 15) is 26.3 Å². The summed E-state index contributed by atoms with van der Waals surface area (Å²) in [6.07, 6.45) is -8.36. The second-order valence-corrected chi connectivity index (χ2v) is 6.31. The van der Waals surface area contributed by atoms with Gasteiger partial charge in [0, 0.05) is 5.56 Å². The zero-order chi connectivity index (χ0) is 22.4. The molecule has 0 fully saturated rings. The standard InChI is InChI=1S/C18H11F6N7/c19-17(20,21)10-4-2-1-3-9(10)13-29-14(12-15(30-13)31-16(25)28-12)27-8-5-6-11(26-7-8)18(22,23)24/h1-7H,(H4,25,27,28,29,30,31). The number of nitrogens with zero attached hydrogens (tertiary/aromatic N) is 4. The fourth-order valence-electron chi connectivity index (χ4n) is 2.82. The van der Waals surface area contributed by atoms with Crippen molar-refractivity contribution in [2.45, 2.75) is 12.4 Å². The van der Waals surface area contributed by atoms with Gasteiger partial charge in [-0.05, 0) is 18.2 Å². The first-order chi connectivity index (χ1) is 14.5. The van der Waals surface area contributed by atoms with Crippen LogP contribution in [-0.4, -0.2) is 24.9 Å². The molecule has 31 heavy (non-hydrogen) atoms. The summed E-state index contributed by atoms with van der Waals surface area (Å²) < 4.78 is 78.4. The maximum atomic E-state index is 13.4. The van der Waals surface area contributed by atoms with Crippen LogP contribution in [0.1, 0.15) is 11.3 Å². The van der Waals surface area contributed by atoms with Crippen LogP contribution in [0.3, 0.4) is 0 Å². The Bertz CT molecular complexity index is 1250. The largest absolute Gasteiger partial charge is 0.433 e. The zero-order valence-corrected chi connectivity index (χ0v) is 15.2. The maximum absolute atomic E-state index is 13.4. The van der Waals surface area contributed by atoms with Crippen LogP contribution in [-0.2, 0) is 12.4 Å². The number of aromatic nitrogens is 5. The molecule has 0 unspecified atom stereocenters. The van der Waals surface area contributed by atoms with E-state index >= 15 is 0 Å². The minimum absolute atomic E-state index is 0.0261. The average Bonchev–Trinajstić information content (AvgIpc) is 3.07. The summed E-state index contributed by atoms with van der Waals surface area (Å²) in [5.74, 6) is -0.406. The second-order valence-electron chi connectivity index (χ2n) is 6.31. The summed E-state index contributed by atoms with van der Waals surface area (Å²) in [6, 6.07) is 6.56. The number of pyridine rings is 1. The summed E-state index contributed by atoms with van der Waals surface area (Å²) in [4.78, 5) is 18.1. The van der Waals surface area contributed by atoms with Crippen molar-refractivity contribution in [3.63, 3.8) is 0 Å². The molecule has 7 nitrogen and oxygen atoms in total. The molecule has 0 radical (unpaired) electrons. The summed E-state index contributed by atoms with van der Waals surface area (Å²) >= 11 is 0. The van der Waals surface area contributed by atoms with Crippen LogP contribution < -0.4 is 11.1 Å². The summed E-state index contributed by atoms with van der Waals surface area (Å²) in [7, 11) is 0. The number of nitrogens with one attached hydrogen (secondary N) is 2. The number of rotatable bonds is 3. The Labute approximate surface area is 169 Å². The minimum Gasteiger partial charge on any atom is -0.369 e. The fraction of sp³-hybridized carbons (Fsp3) is 0.111. The number of aromatic amines is 1. The van der Waals surface area contributed by atoms with Crippen molar-refractivity contribution in [1.82, 2.24) is 24.9 Å². The number of H-pyrrole nitrogens is 1. The Kier molecular flexibility index (Phi) is 4.67. The van der Waals surface area contributed by atoms with Gasteiger partial charge in [0.2, 0.25) is 0 Å². The maximum Gasteiger partial charge on any atom is 0.433 e. The SMILES string of the molecule is Nc1nc2nc(-c3ccccc3C(F)(F)F)nc(Nc3ccc(C(F)(F)F)nc3)c2[nH]1. The highest BCUT2D eigenvalue weighted by molar-refractivity contribution is 5.88. The van der Waals surface area contributed by atoms with E-state index in [2.05, 4.69) is 30.2 Å². The van der Waals surface area contributed by atoms with Gasteiger partial charge in [-0.15, -0.1) is 0 Å². The molecule has 13 heteroatoms. The predicted octanol–water partition coefficient (Wildman–Crippen LogP) is 4.78. The number of nitrogens with two attached hydrogens (primary N) is 1. The van der Waals surface area contributed by atoms with Gasteiger partial charge in [0.05, 0.1) is 17.4 Å². The molecule has 0 aliphatic heterocycles. The lowest BCUT2D eigenvalue weighted by atomic mass is 10.1. The highest BCUT2D eigenvalue weighted by atomic mass is 19.4. The first kappa shape index (κ1) is 20.4. The van der Waals surface area contributed by atoms with Crippen LogP contribution in [0.4, 0.5) is 43.8 Å². The molecule has 3 aromatic heterocycles. The fourth-order valence-corrected chi connectivity index (χ4v) is 2.82. The molecule has 1 aromatic carbocycles. The van der Waals surface area contributed by atoms with E-state index in [0.717, 1.165) is 24.4 Å². The Hall–Kier alpha value is -3.90. The van der Waals surface area contributed by atoms with Crippen LogP contribution in [0, 0.1) is 0 Å². The number of hydrogen-bond donors (Lipinski definition) is 3. The highest BCUT2D eigenvalue weighted by Crippen LogP contribution is 2.37. The van der Waals surface area contributed by atoms with Gasteiger partial charge >= 0.3 is 12.4 Å². The van der Waals surface area contributed by atoms with Crippen LogP contribution in [0.15, 0.2) is 42.6 Å². The van der Waals surface area contributed by atoms with E-state index in [1.54, 1.807) is 0 Å². The monoisotopic (exact) mass is 439 g/mol. The number of imidazole rings is 1. The quantitative estimate of drug-likeness (QED) is 0.397. The average molecular weight is 439 g/mol. The molecule has 0 spiro atoms. The third-order valence-electron chi connectivity index (χ3n) is 4.16. The van der Waals surface area contributed by atoms with Crippen LogP contribution >= 0.6 is 0 Å². The molecule has 0 aliphatic carbocycles. The van der Waals surface area contributed by atoms with E-state index < -0.39 is 23.6 Å². The van der Waals surface area contributed by atoms with Gasteiger partial charge in [0.1, 0.15) is 11.2 Å². The lowest BCUT2D eigenvalue weighted by Gasteiger charge is -2.13. The minimum atomic E-state index is -4.66. The van der Waals surface area contributed by atoms with Crippen molar-refractivity contribution >= 4 is 28.6 Å². The van der Waals surface area contributed by atoms with Crippen LogP contribution in [0.2, 0.25) is 0 Å². The molecule has 4 rings (SSSR count). The second kappa shape index (κ2) is 7.11. The first-order valence-electron chi connectivity index (χ1n) is 8.52. The third-order valence-corrected chi connectivity index (χ3v) is 4.16. The Balaban J connectivity index is 1.82. The lowest BCUT2D eigenvalue weighted by Crippen LogP contribution is -2.09. The van der Waals surface area contributed by atoms with E-state index in [1.807, 2.05) is 0 Å². The van der Waals surface area contributed by atoms with Gasteiger partial charge < -0.3 is 16.0 Å². The molecular formula is C18H11F6N7. The number of fused-ring (bicyclic) bond motifs is 1. The Morgan fingerprint density at radius 2 is 1.61 bits per heavy atom. The van der Waals surface area contributed by atoms with Gasteiger partial charge in [-0.1, -0.05) is 18.2 Å². The zero-order valence-electron chi connectivity index (χ0n) is 15.2. The molecule has 0 saturated carbocycles. The molecule has 0 bridgehead atoms. The molecule has 4 aromatic rings. The number of nitrogen functional groups attached to an aromatic ring is 1. The van der Waals surface area contributed by atoms with Gasteiger partial charge in [-0.25, -0.2) is 15.0 Å². The molecule has 160 valence electrons. The van der Waals surface area contributed by atoms with Gasteiger partial charge in [0.25, 0.3) is 0 Å². The molecule has 3 heterocycles. The summed E-state index contributed by atoms with van der Waals surface area (Å²) in [6.45, 7) is 0. The molecule has 0 aliphatic rings. The smallest absolute Gasteiger partial charge is 0.369 e. The van der Waals surface area contributed by atoms with Crippen molar-refractivity contribution < 1.29 is 26.3 Å². The van der Waals surface area contributed by atoms with Crippen molar-refractivity contribution in [2.24, 2.45) is 0 Å². The van der Waals surface area contributed by atoms with Crippen LogP contribution in [0.5, 0.6) is 0 Å². The number of anilines is 3. The first-order valence-corrected chi connectivity index (χ1v) is 8.52. The van der Waals surface area contributed by atoms with Crippen molar-refractivity contribution in [3.8, 4) is 11.4 Å². The van der Waals surface area contributed by atoms with E-state index in [4.69, 9.17) is 5.73 Å². The topological polar surface area (TPSA) is 105 Å². The van der Waals surface area contributed by atoms with E-state index in [-0.39, 0.29) is 40.0 Å². The van der Waals surface area contributed by atoms with E-state index in [0.29, 0.717) is 0 Å². The van der Waals surface area contributed by atoms with Gasteiger partial charge in [-0.3, -0.25) is 0 Å². The number of benzene rings is 1. The molecule has 0 atom stereocenters. The molecule has 4 N–H and O–H groups in total. The summed E-state index contributed by atoms with van der Waals surface area (Å²) in [5, 5.41) is 2.72. The number of hydrogen-bond acceptors (Lipinski definition) is 6. The van der Waals surface area contributed by atoms with Crippen molar-refractivity contribution in [2.75, 3.05) is 11.1 Å². The molecule has 0 amide bonds. The normalized spacial score (nSPS) is 12.3. The lowest BCUT2D eigenvalue weighted by molar-refractivity contribution is -0.141. The summed E-state index contributed by atoms with van der Waals surface area (Å²) in [5.41, 5.74) is 3.51. The van der Waals surface area contributed by atoms with Gasteiger partial charge in [-0.2, -0.15) is 31.3 Å². The van der Waals surface area contributed by atoms with Crippen LogP contribution in [0.25, 0.3) is 22.6 Å². The van der Waals surface area contributed by atoms with Gasteiger partial charge in [0.15, 0.2) is 23.2 Å². The third kappa shape index (κ3) is 4.06.